The molecule has 0 atom stereocenters. The zero-order valence-electron chi connectivity index (χ0n) is 9.83. The zero-order valence-corrected chi connectivity index (χ0v) is 10.6. The van der Waals surface area contributed by atoms with E-state index in [-0.39, 0.29) is 12.5 Å². The van der Waals surface area contributed by atoms with Gasteiger partial charge in [-0.25, -0.2) is 0 Å². The topological polar surface area (TPSA) is 38.3 Å². The third-order valence-corrected chi connectivity index (χ3v) is 3.04. The van der Waals surface area contributed by atoms with Gasteiger partial charge in [0.15, 0.2) is 6.61 Å². The molecule has 0 unspecified atom stereocenters. The second-order valence-electron chi connectivity index (χ2n) is 4.47. The van der Waals surface area contributed by atoms with Crippen LogP contribution in [0, 0.1) is 12.8 Å². The number of nitrogens with one attached hydrogen (secondary N) is 1. The van der Waals surface area contributed by atoms with Crippen LogP contribution < -0.4 is 10.1 Å². The third-order valence-electron chi connectivity index (χ3n) is 2.73. The minimum atomic E-state index is -0.0885. The number of benzene rings is 1. The van der Waals surface area contributed by atoms with Crippen LogP contribution in [-0.2, 0) is 4.79 Å². The SMILES string of the molecule is Cc1ccc(Cl)c(OCC(=O)NCC2CC2)c1. The molecule has 2 rings (SSSR count). The summed E-state index contributed by atoms with van der Waals surface area (Å²) in [7, 11) is 0. The van der Waals surface area contributed by atoms with Crippen LogP contribution in [0.2, 0.25) is 5.02 Å². The van der Waals surface area contributed by atoms with Crippen LogP contribution in [0.1, 0.15) is 18.4 Å². The molecule has 1 fully saturated rings. The molecule has 1 aromatic rings. The van der Waals surface area contributed by atoms with E-state index in [2.05, 4.69) is 5.32 Å². The summed E-state index contributed by atoms with van der Waals surface area (Å²) < 4.78 is 5.39. The second kappa shape index (κ2) is 5.41. The summed E-state index contributed by atoms with van der Waals surface area (Å²) in [5, 5.41) is 3.37. The number of aryl methyl sites for hydroxylation is 1. The lowest BCUT2D eigenvalue weighted by molar-refractivity contribution is -0.123. The Balaban J connectivity index is 1.79. The van der Waals surface area contributed by atoms with Crippen molar-refractivity contribution in [3.8, 4) is 5.75 Å². The Bertz CT molecular complexity index is 416. The molecule has 1 aromatic carbocycles. The Morgan fingerprint density at radius 3 is 3.00 bits per heavy atom. The summed E-state index contributed by atoms with van der Waals surface area (Å²) in [4.78, 5) is 11.5. The summed E-state index contributed by atoms with van der Waals surface area (Å²) in [5.41, 5.74) is 1.06. The standard InChI is InChI=1S/C13H16ClNO2/c1-9-2-5-11(14)12(6-9)17-8-13(16)15-7-10-3-4-10/h2,5-6,10H,3-4,7-8H2,1H3,(H,15,16). The molecule has 0 radical (unpaired) electrons. The first-order valence-electron chi connectivity index (χ1n) is 5.81. The number of carbonyl (C=O) groups is 1. The van der Waals surface area contributed by atoms with Gasteiger partial charge in [0.2, 0.25) is 0 Å². The molecule has 1 saturated carbocycles. The maximum absolute atomic E-state index is 11.5. The van der Waals surface area contributed by atoms with Crippen molar-refractivity contribution in [1.82, 2.24) is 5.32 Å². The molecular formula is C13H16ClNO2. The van der Waals surface area contributed by atoms with E-state index in [9.17, 15) is 4.79 Å². The molecule has 0 saturated heterocycles. The lowest BCUT2D eigenvalue weighted by atomic mass is 10.2. The molecule has 3 nitrogen and oxygen atoms in total. The Morgan fingerprint density at radius 2 is 2.29 bits per heavy atom. The molecule has 0 bridgehead atoms. The highest BCUT2D eigenvalue weighted by Gasteiger charge is 2.21. The van der Waals surface area contributed by atoms with Crippen LogP contribution in [-0.4, -0.2) is 19.1 Å². The fourth-order valence-electron chi connectivity index (χ4n) is 1.50. The molecule has 1 N–H and O–H groups in total. The van der Waals surface area contributed by atoms with Crippen molar-refractivity contribution >= 4 is 17.5 Å². The molecule has 0 heterocycles. The molecule has 4 heteroatoms. The number of rotatable bonds is 5. The van der Waals surface area contributed by atoms with E-state index in [1.165, 1.54) is 12.8 Å². The Hall–Kier alpha value is -1.22. The van der Waals surface area contributed by atoms with Crippen molar-refractivity contribution in [1.29, 1.82) is 0 Å². The van der Waals surface area contributed by atoms with Crippen LogP contribution in [0.15, 0.2) is 18.2 Å². The molecule has 0 aliphatic heterocycles. The van der Waals surface area contributed by atoms with Crippen molar-refractivity contribution in [3.05, 3.63) is 28.8 Å². The van der Waals surface area contributed by atoms with Gasteiger partial charge in [-0.3, -0.25) is 4.79 Å². The van der Waals surface area contributed by atoms with Gasteiger partial charge in [-0.1, -0.05) is 17.7 Å². The van der Waals surface area contributed by atoms with Crippen molar-refractivity contribution in [3.63, 3.8) is 0 Å². The lowest BCUT2D eigenvalue weighted by Gasteiger charge is -2.09. The average molecular weight is 254 g/mol. The number of halogens is 1. The first kappa shape index (κ1) is 12.2. The van der Waals surface area contributed by atoms with E-state index in [0.717, 1.165) is 12.1 Å². The summed E-state index contributed by atoms with van der Waals surface area (Å²) >= 11 is 5.96. The highest BCUT2D eigenvalue weighted by Crippen LogP contribution is 2.27. The van der Waals surface area contributed by atoms with Crippen LogP contribution in [0.4, 0.5) is 0 Å². The summed E-state index contributed by atoms with van der Waals surface area (Å²) in [5.74, 6) is 1.16. The van der Waals surface area contributed by atoms with Crippen molar-refractivity contribution < 1.29 is 9.53 Å². The Morgan fingerprint density at radius 1 is 1.53 bits per heavy atom. The van der Waals surface area contributed by atoms with E-state index >= 15 is 0 Å². The molecule has 1 aliphatic rings. The Labute approximate surface area is 106 Å². The molecule has 0 aromatic heterocycles. The van der Waals surface area contributed by atoms with E-state index in [1.807, 2.05) is 19.1 Å². The maximum atomic E-state index is 11.5. The first-order valence-corrected chi connectivity index (χ1v) is 6.18. The fraction of sp³-hybridized carbons (Fsp3) is 0.462. The molecule has 92 valence electrons. The lowest BCUT2D eigenvalue weighted by Crippen LogP contribution is -2.30. The second-order valence-corrected chi connectivity index (χ2v) is 4.88. The van der Waals surface area contributed by atoms with Crippen LogP contribution in [0.25, 0.3) is 0 Å². The number of carbonyl (C=O) groups excluding carboxylic acids is 1. The predicted octanol–water partition coefficient (Wildman–Crippen LogP) is 2.55. The minimum Gasteiger partial charge on any atom is -0.482 e. The van der Waals surface area contributed by atoms with E-state index in [4.69, 9.17) is 16.3 Å². The van der Waals surface area contributed by atoms with E-state index in [1.54, 1.807) is 6.07 Å². The largest absolute Gasteiger partial charge is 0.482 e. The van der Waals surface area contributed by atoms with Crippen molar-refractivity contribution in [2.24, 2.45) is 5.92 Å². The highest BCUT2D eigenvalue weighted by molar-refractivity contribution is 6.32. The number of hydrogen-bond donors (Lipinski definition) is 1. The third kappa shape index (κ3) is 3.93. The summed E-state index contributed by atoms with van der Waals surface area (Å²) in [6.45, 7) is 2.75. The fourth-order valence-corrected chi connectivity index (χ4v) is 1.67. The van der Waals surface area contributed by atoms with E-state index in [0.29, 0.717) is 16.7 Å². The van der Waals surface area contributed by atoms with Gasteiger partial charge in [0, 0.05) is 6.54 Å². The minimum absolute atomic E-state index is 0.0237. The van der Waals surface area contributed by atoms with Crippen LogP contribution >= 0.6 is 11.6 Å². The van der Waals surface area contributed by atoms with E-state index < -0.39 is 0 Å². The molecule has 17 heavy (non-hydrogen) atoms. The van der Waals surface area contributed by atoms with Gasteiger partial charge < -0.3 is 10.1 Å². The smallest absolute Gasteiger partial charge is 0.257 e. The number of hydrogen-bond acceptors (Lipinski definition) is 2. The molecule has 0 spiro atoms. The quantitative estimate of drug-likeness (QED) is 0.876. The highest BCUT2D eigenvalue weighted by atomic mass is 35.5. The average Bonchev–Trinajstić information content (AvgIpc) is 3.11. The van der Waals surface area contributed by atoms with Gasteiger partial charge in [-0.15, -0.1) is 0 Å². The number of amides is 1. The Kier molecular flexibility index (Phi) is 3.89. The summed E-state index contributed by atoms with van der Waals surface area (Å²) in [6.07, 6.45) is 2.45. The predicted molar refractivity (Wildman–Crippen MR) is 67.4 cm³/mol. The van der Waals surface area contributed by atoms with Crippen molar-refractivity contribution in [2.45, 2.75) is 19.8 Å². The molecule has 1 aliphatic carbocycles. The van der Waals surface area contributed by atoms with Crippen molar-refractivity contribution in [2.75, 3.05) is 13.2 Å². The first-order chi connectivity index (χ1) is 8.15. The normalized spacial score (nSPS) is 14.5. The zero-order chi connectivity index (χ0) is 12.3. The van der Waals surface area contributed by atoms with Gasteiger partial charge >= 0.3 is 0 Å². The van der Waals surface area contributed by atoms with Gasteiger partial charge in [0.05, 0.1) is 5.02 Å². The number of ether oxygens (including phenoxy) is 1. The van der Waals surface area contributed by atoms with Gasteiger partial charge in [-0.2, -0.15) is 0 Å². The van der Waals surface area contributed by atoms with Gasteiger partial charge in [-0.05, 0) is 43.4 Å². The maximum Gasteiger partial charge on any atom is 0.257 e. The molecular weight excluding hydrogens is 238 g/mol. The van der Waals surface area contributed by atoms with Crippen LogP contribution in [0.5, 0.6) is 5.75 Å². The van der Waals surface area contributed by atoms with Gasteiger partial charge in [0.1, 0.15) is 5.75 Å². The van der Waals surface area contributed by atoms with Gasteiger partial charge in [0.25, 0.3) is 5.91 Å². The summed E-state index contributed by atoms with van der Waals surface area (Å²) in [6, 6.07) is 5.51. The molecule has 1 amide bonds. The van der Waals surface area contributed by atoms with Crippen LogP contribution in [0.3, 0.4) is 0 Å². The monoisotopic (exact) mass is 253 g/mol.